The highest BCUT2D eigenvalue weighted by Gasteiger charge is 2.38. The monoisotopic (exact) mass is 223 g/mol. The molecule has 0 saturated heterocycles. The van der Waals surface area contributed by atoms with Crippen molar-refractivity contribution in [2.45, 2.75) is 38.3 Å². The van der Waals surface area contributed by atoms with Crippen LogP contribution >= 0.6 is 0 Å². The third-order valence-corrected chi connectivity index (χ3v) is 3.21. The molecule has 3 N–H and O–H groups in total. The highest BCUT2D eigenvalue weighted by Crippen LogP contribution is 2.37. The molecule has 1 aliphatic carbocycles. The number of nitrogens with zero attached hydrogens (tertiary/aromatic N) is 3. The first kappa shape index (κ1) is 11.1. The summed E-state index contributed by atoms with van der Waals surface area (Å²) in [5.74, 6) is -0.0632. The lowest BCUT2D eigenvalue weighted by Gasteiger charge is -2.40. The van der Waals surface area contributed by atoms with Crippen molar-refractivity contribution in [2.24, 2.45) is 5.73 Å². The Balaban J connectivity index is 2.04. The average Bonchev–Trinajstić information content (AvgIpc) is 2.63. The molecule has 16 heavy (non-hydrogen) atoms. The largest absolute Gasteiger partial charge is 0.351 e. The van der Waals surface area contributed by atoms with Crippen LogP contribution in [0.3, 0.4) is 0 Å². The predicted octanol–water partition coefficient (Wildman–Crippen LogP) is -0.248. The Hall–Kier alpha value is -1.43. The van der Waals surface area contributed by atoms with Crippen molar-refractivity contribution in [3.05, 3.63) is 11.9 Å². The van der Waals surface area contributed by atoms with Gasteiger partial charge in [-0.15, -0.1) is 5.10 Å². The Morgan fingerprint density at radius 3 is 2.94 bits per heavy atom. The lowest BCUT2D eigenvalue weighted by Crippen LogP contribution is -2.47. The minimum absolute atomic E-state index is 0.0263. The quantitative estimate of drug-likeness (QED) is 0.737. The van der Waals surface area contributed by atoms with Crippen molar-refractivity contribution in [3.63, 3.8) is 0 Å². The van der Waals surface area contributed by atoms with Crippen molar-refractivity contribution in [3.8, 4) is 0 Å². The van der Waals surface area contributed by atoms with Crippen molar-refractivity contribution >= 4 is 5.91 Å². The number of aromatic nitrogens is 3. The van der Waals surface area contributed by atoms with Crippen molar-refractivity contribution in [1.29, 1.82) is 0 Å². The van der Waals surface area contributed by atoms with Gasteiger partial charge in [-0.05, 0) is 19.3 Å². The van der Waals surface area contributed by atoms with Crippen LogP contribution in [0.25, 0.3) is 0 Å². The van der Waals surface area contributed by atoms with E-state index in [9.17, 15) is 4.79 Å². The Morgan fingerprint density at radius 1 is 1.69 bits per heavy atom. The van der Waals surface area contributed by atoms with Crippen LogP contribution in [0.15, 0.2) is 6.20 Å². The molecule has 6 heteroatoms. The minimum Gasteiger partial charge on any atom is -0.351 e. The van der Waals surface area contributed by atoms with Crippen LogP contribution in [0.1, 0.15) is 31.9 Å². The second-order valence-electron chi connectivity index (χ2n) is 4.35. The molecule has 1 saturated carbocycles. The SMILES string of the molecule is CC(=O)NCc1cn(C2(CN)CCC2)nn1. The summed E-state index contributed by atoms with van der Waals surface area (Å²) in [6, 6.07) is 0. The van der Waals surface area contributed by atoms with Crippen molar-refractivity contribution < 1.29 is 4.79 Å². The molecule has 0 unspecified atom stereocenters. The number of amides is 1. The number of nitrogens with one attached hydrogen (secondary N) is 1. The van der Waals surface area contributed by atoms with Crippen LogP contribution in [-0.4, -0.2) is 27.4 Å². The molecule has 0 spiro atoms. The number of carbonyl (C=O) groups excluding carboxylic acids is 1. The van der Waals surface area contributed by atoms with E-state index in [1.807, 2.05) is 10.9 Å². The van der Waals surface area contributed by atoms with Crippen LogP contribution in [-0.2, 0) is 16.9 Å². The highest BCUT2D eigenvalue weighted by atomic mass is 16.1. The average molecular weight is 223 g/mol. The van der Waals surface area contributed by atoms with Gasteiger partial charge in [0.2, 0.25) is 5.91 Å². The molecule has 2 rings (SSSR count). The van der Waals surface area contributed by atoms with Crippen LogP contribution in [0.4, 0.5) is 0 Å². The molecule has 6 nitrogen and oxygen atoms in total. The van der Waals surface area contributed by atoms with E-state index < -0.39 is 0 Å². The van der Waals surface area contributed by atoms with E-state index in [2.05, 4.69) is 15.6 Å². The van der Waals surface area contributed by atoms with E-state index in [1.165, 1.54) is 13.3 Å². The third-order valence-electron chi connectivity index (χ3n) is 3.21. The molecule has 0 bridgehead atoms. The van der Waals surface area contributed by atoms with Gasteiger partial charge in [-0.2, -0.15) is 0 Å². The fourth-order valence-corrected chi connectivity index (χ4v) is 1.94. The molecule has 1 aromatic heterocycles. The Labute approximate surface area is 94.2 Å². The summed E-state index contributed by atoms with van der Waals surface area (Å²) in [6.07, 6.45) is 5.19. The molecule has 1 amide bonds. The lowest BCUT2D eigenvalue weighted by molar-refractivity contribution is -0.119. The Morgan fingerprint density at radius 2 is 2.44 bits per heavy atom. The number of rotatable bonds is 4. The first-order chi connectivity index (χ1) is 7.66. The fourth-order valence-electron chi connectivity index (χ4n) is 1.94. The van der Waals surface area contributed by atoms with E-state index in [-0.39, 0.29) is 11.4 Å². The summed E-state index contributed by atoms with van der Waals surface area (Å²) in [6.45, 7) is 2.50. The molecule has 0 radical (unpaired) electrons. The normalized spacial score (nSPS) is 17.9. The lowest BCUT2D eigenvalue weighted by atomic mass is 9.77. The standard InChI is InChI=1S/C10H17N5O/c1-8(16)12-5-9-6-15(14-13-9)10(7-11)3-2-4-10/h6H,2-5,7,11H2,1H3,(H,12,16). The number of nitrogens with two attached hydrogens (primary N) is 1. The molecule has 88 valence electrons. The maximum absolute atomic E-state index is 10.8. The molecule has 1 aliphatic rings. The summed E-state index contributed by atoms with van der Waals surface area (Å²) >= 11 is 0. The second-order valence-corrected chi connectivity index (χ2v) is 4.35. The van der Waals surface area contributed by atoms with Gasteiger partial charge in [0.25, 0.3) is 0 Å². The zero-order valence-corrected chi connectivity index (χ0v) is 9.44. The number of hydrogen-bond acceptors (Lipinski definition) is 4. The van der Waals surface area contributed by atoms with Crippen LogP contribution in [0, 0.1) is 0 Å². The van der Waals surface area contributed by atoms with Crippen LogP contribution < -0.4 is 11.1 Å². The van der Waals surface area contributed by atoms with E-state index in [0.29, 0.717) is 13.1 Å². The van der Waals surface area contributed by atoms with E-state index >= 15 is 0 Å². The van der Waals surface area contributed by atoms with Gasteiger partial charge >= 0.3 is 0 Å². The first-order valence-electron chi connectivity index (χ1n) is 5.52. The fraction of sp³-hybridized carbons (Fsp3) is 0.700. The first-order valence-corrected chi connectivity index (χ1v) is 5.52. The molecule has 0 aliphatic heterocycles. The van der Waals surface area contributed by atoms with Gasteiger partial charge in [0.15, 0.2) is 0 Å². The van der Waals surface area contributed by atoms with Crippen LogP contribution in [0.5, 0.6) is 0 Å². The van der Waals surface area contributed by atoms with Crippen molar-refractivity contribution in [1.82, 2.24) is 20.3 Å². The van der Waals surface area contributed by atoms with Crippen LogP contribution in [0.2, 0.25) is 0 Å². The number of hydrogen-bond donors (Lipinski definition) is 2. The molecular weight excluding hydrogens is 206 g/mol. The summed E-state index contributed by atoms with van der Waals surface area (Å²) in [5.41, 5.74) is 6.52. The molecule has 1 heterocycles. The molecule has 1 fully saturated rings. The minimum atomic E-state index is -0.0632. The van der Waals surface area contributed by atoms with Gasteiger partial charge in [-0.1, -0.05) is 5.21 Å². The summed E-state index contributed by atoms with van der Waals surface area (Å²) < 4.78 is 1.85. The third kappa shape index (κ3) is 1.92. The maximum Gasteiger partial charge on any atom is 0.217 e. The molecule has 0 atom stereocenters. The highest BCUT2D eigenvalue weighted by molar-refractivity contribution is 5.72. The topological polar surface area (TPSA) is 85.8 Å². The van der Waals surface area contributed by atoms with Crippen molar-refractivity contribution in [2.75, 3.05) is 6.54 Å². The van der Waals surface area contributed by atoms with E-state index in [1.54, 1.807) is 0 Å². The number of carbonyl (C=O) groups is 1. The molecule has 1 aromatic rings. The maximum atomic E-state index is 10.8. The molecule has 0 aromatic carbocycles. The van der Waals surface area contributed by atoms with E-state index in [0.717, 1.165) is 18.5 Å². The van der Waals surface area contributed by atoms with Gasteiger partial charge in [-0.25, -0.2) is 4.68 Å². The summed E-state index contributed by atoms with van der Waals surface area (Å²) in [4.78, 5) is 10.8. The van der Waals surface area contributed by atoms with Gasteiger partial charge in [0, 0.05) is 13.5 Å². The van der Waals surface area contributed by atoms with Gasteiger partial charge in [0.1, 0.15) is 5.69 Å². The molecular formula is C10H17N5O. The zero-order valence-electron chi connectivity index (χ0n) is 9.44. The second kappa shape index (κ2) is 4.21. The summed E-state index contributed by atoms with van der Waals surface area (Å²) in [5, 5.41) is 10.8. The van der Waals surface area contributed by atoms with Gasteiger partial charge in [0.05, 0.1) is 18.3 Å². The predicted molar refractivity (Wildman–Crippen MR) is 58.4 cm³/mol. The van der Waals surface area contributed by atoms with Gasteiger partial charge < -0.3 is 11.1 Å². The zero-order chi connectivity index (χ0) is 11.6. The summed E-state index contributed by atoms with van der Waals surface area (Å²) in [7, 11) is 0. The smallest absolute Gasteiger partial charge is 0.217 e. The van der Waals surface area contributed by atoms with Gasteiger partial charge in [-0.3, -0.25) is 4.79 Å². The Kier molecular flexibility index (Phi) is 2.91. The van der Waals surface area contributed by atoms with E-state index in [4.69, 9.17) is 5.73 Å². The Bertz CT molecular complexity index is 377.